The van der Waals surface area contributed by atoms with Crippen LogP contribution < -0.4 is 5.32 Å². The van der Waals surface area contributed by atoms with Crippen LogP contribution in [0.2, 0.25) is 0 Å². The van der Waals surface area contributed by atoms with Crippen molar-refractivity contribution < 1.29 is 17.9 Å². The lowest BCUT2D eigenvalue weighted by atomic mass is 9.92. The van der Waals surface area contributed by atoms with E-state index >= 15 is 0 Å². The third-order valence-electron chi connectivity index (χ3n) is 3.75. The van der Waals surface area contributed by atoms with E-state index in [1.807, 2.05) is 0 Å². The molecule has 1 saturated heterocycles. The molecule has 2 aliphatic heterocycles. The summed E-state index contributed by atoms with van der Waals surface area (Å²) in [7, 11) is 0. The fourth-order valence-electron chi connectivity index (χ4n) is 2.64. The fourth-order valence-corrected chi connectivity index (χ4v) is 2.64. The Kier molecular flexibility index (Phi) is 2.82. The quantitative estimate of drug-likeness (QED) is 0.845. The number of nitrogens with one attached hydrogen (secondary N) is 1. The van der Waals surface area contributed by atoms with Crippen LogP contribution in [0.15, 0.2) is 30.5 Å². The van der Waals surface area contributed by atoms with Crippen molar-refractivity contribution in [2.45, 2.75) is 24.6 Å². The Hall–Kier alpha value is -1.49. The molecule has 1 unspecified atom stereocenters. The van der Waals surface area contributed by atoms with Crippen LogP contribution in [0.5, 0.6) is 0 Å². The molecule has 1 atom stereocenters. The minimum atomic E-state index is -4.28. The number of rotatable bonds is 1. The van der Waals surface area contributed by atoms with Gasteiger partial charge in [-0.3, -0.25) is 0 Å². The van der Waals surface area contributed by atoms with E-state index in [-0.39, 0.29) is 5.60 Å². The van der Waals surface area contributed by atoms with Gasteiger partial charge < -0.3 is 10.1 Å². The van der Waals surface area contributed by atoms with E-state index in [0.29, 0.717) is 0 Å². The van der Waals surface area contributed by atoms with Crippen molar-refractivity contribution in [1.29, 1.82) is 0 Å². The van der Waals surface area contributed by atoms with Crippen LogP contribution in [0.3, 0.4) is 0 Å². The lowest BCUT2D eigenvalue weighted by molar-refractivity contribution is -0.137. The third kappa shape index (κ3) is 2.34. The molecular formula is C14H14F3NO. The standard InChI is InChI=1S/C14H14F3NO/c15-14(16,17)12-3-1-10(2-4-12)11-7-13(19-8-11)5-6-18-9-13/h1-4,8,18H,5-7,9H2. The van der Waals surface area contributed by atoms with E-state index in [2.05, 4.69) is 5.32 Å². The second-order valence-corrected chi connectivity index (χ2v) is 5.12. The molecule has 3 rings (SSSR count). The van der Waals surface area contributed by atoms with E-state index < -0.39 is 11.7 Å². The van der Waals surface area contributed by atoms with Crippen molar-refractivity contribution in [3.8, 4) is 0 Å². The van der Waals surface area contributed by atoms with E-state index in [1.54, 1.807) is 6.26 Å². The molecule has 0 aliphatic carbocycles. The smallest absolute Gasteiger partial charge is 0.416 e. The third-order valence-corrected chi connectivity index (χ3v) is 3.75. The first-order valence-electron chi connectivity index (χ1n) is 6.24. The molecule has 0 saturated carbocycles. The molecule has 1 aromatic carbocycles. The highest BCUT2D eigenvalue weighted by atomic mass is 19.4. The summed E-state index contributed by atoms with van der Waals surface area (Å²) >= 11 is 0. The van der Waals surface area contributed by atoms with Crippen molar-refractivity contribution in [3.63, 3.8) is 0 Å². The van der Waals surface area contributed by atoms with Crippen LogP contribution in [0, 0.1) is 0 Å². The molecule has 0 radical (unpaired) electrons. The summed E-state index contributed by atoms with van der Waals surface area (Å²) in [5.41, 5.74) is 0.972. The average molecular weight is 269 g/mol. The van der Waals surface area contributed by atoms with Gasteiger partial charge in [0.25, 0.3) is 0 Å². The zero-order valence-corrected chi connectivity index (χ0v) is 10.3. The second-order valence-electron chi connectivity index (χ2n) is 5.12. The summed E-state index contributed by atoms with van der Waals surface area (Å²) in [5.74, 6) is 0. The molecule has 5 heteroatoms. The number of halogens is 3. The van der Waals surface area contributed by atoms with Crippen LogP contribution in [-0.2, 0) is 10.9 Å². The van der Waals surface area contributed by atoms with Gasteiger partial charge in [0, 0.05) is 19.4 Å². The first-order chi connectivity index (χ1) is 8.99. The SMILES string of the molecule is FC(F)(F)c1ccc(C2=COC3(CCNC3)C2)cc1. The summed E-state index contributed by atoms with van der Waals surface area (Å²) in [6.45, 7) is 1.72. The van der Waals surface area contributed by atoms with E-state index in [1.165, 1.54) is 12.1 Å². The maximum Gasteiger partial charge on any atom is 0.416 e. The van der Waals surface area contributed by atoms with Crippen molar-refractivity contribution in [1.82, 2.24) is 5.32 Å². The molecule has 1 spiro atoms. The molecule has 102 valence electrons. The maximum atomic E-state index is 12.5. The van der Waals surface area contributed by atoms with Crippen LogP contribution in [0.4, 0.5) is 13.2 Å². The molecule has 1 N–H and O–H groups in total. The van der Waals surface area contributed by atoms with Crippen molar-refractivity contribution in [2.24, 2.45) is 0 Å². The number of alkyl halides is 3. The van der Waals surface area contributed by atoms with Crippen LogP contribution in [0.1, 0.15) is 24.0 Å². The molecule has 0 amide bonds. The Morgan fingerprint density at radius 2 is 1.89 bits per heavy atom. The summed E-state index contributed by atoms with van der Waals surface area (Å²) in [6, 6.07) is 5.26. The van der Waals surface area contributed by atoms with Gasteiger partial charge in [0.15, 0.2) is 0 Å². The first kappa shape index (κ1) is 12.5. The zero-order valence-electron chi connectivity index (χ0n) is 10.3. The average Bonchev–Trinajstić information content (AvgIpc) is 3.00. The van der Waals surface area contributed by atoms with Crippen LogP contribution in [-0.4, -0.2) is 18.7 Å². The van der Waals surface area contributed by atoms with Crippen molar-refractivity contribution >= 4 is 5.57 Å². The Balaban J connectivity index is 1.77. The number of hydrogen-bond acceptors (Lipinski definition) is 2. The molecular weight excluding hydrogens is 255 g/mol. The largest absolute Gasteiger partial charge is 0.493 e. The Bertz CT molecular complexity index is 498. The fraction of sp³-hybridized carbons (Fsp3) is 0.429. The monoisotopic (exact) mass is 269 g/mol. The Morgan fingerprint density at radius 1 is 1.16 bits per heavy atom. The molecule has 2 aliphatic rings. The first-order valence-corrected chi connectivity index (χ1v) is 6.24. The van der Waals surface area contributed by atoms with Gasteiger partial charge in [0.05, 0.1) is 11.8 Å². The predicted molar refractivity (Wildman–Crippen MR) is 65.3 cm³/mol. The lowest BCUT2D eigenvalue weighted by Gasteiger charge is -2.21. The highest BCUT2D eigenvalue weighted by Crippen LogP contribution is 2.39. The molecule has 0 bridgehead atoms. The minimum absolute atomic E-state index is 0.183. The Labute approximate surface area is 109 Å². The van der Waals surface area contributed by atoms with Crippen molar-refractivity contribution in [2.75, 3.05) is 13.1 Å². The van der Waals surface area contributed by atoms with Gasteiger partial charge in [0.1, 0.15) is 5.60 Å². The summed E-state index contributed by atoms with van der Waals surface area (Å²) < 4.78 is 43.2. The molecule has 19 heavy (non-hydrogen) atoms. The van der Waals surface area contributed by atoms with Gasteiger partial charge in [-0.05, 0) is 29.8 Å². The summed E-state index contributed by atoms with van der Waals surface area (Å²) in [6.07, 6.45) is -0.899. The van der Waals surface area contributed by atoms with Gasteiger partial charge in [-0.2, -0.15) is 13.2 Å². The topological polar surface area (TPSA) is 21.3 Å². The zero-order chi connectivity index (χ0) is 13.5. The van der Waals surface area contributed by atoms with E-state index in [4.69, 9.17) is 4.74 Å². The van der Waals surface area contributed by atoms with E-state index in [9.17, 15) is 13.2 Å². The number of hydrogen-bond donors (Lipinski definition) is 1. The van der Waals surface area contributed by atoms with E-state index in [0.717, 1.165) is 49.2 Å². The maximum absolute atomic E-state index is 12.5. The summed E-state index contributed by atoms with van der Waals surface area (Å²) in [5, 5.41) is 3.25. The van der Waals surface area contributed by atoms with Gasteiger partial charge in [0.2, 0.25) is 0 Å². The van der Waals surface area contributed by atoms with Crippen LogP contribution >= 0.6 is 0 Å². The summed E-state index contributed by atoms with van der Waals surface area (Å²) in [4.78, 5) is 0. The van der Waals surface area contributed by atoms with Gasteiger partial charge in [-0.15, -0.1) is 0 Å². The molecule has 2 nitrogen and oxygen atoms in total. The normalized spacial score (nSPS) is 26.6. The van der Waals surface area contributed by atoms with Gasteiger partial charge >= 0.3 is 6.18 Å². The molecule has 1 aromatic rings. The highest BCUT2D eigenvalue weighted by Gasteiger charge is 2.40. The predicted octanol–water partition coefficient (Wildman–Crippen LogP) is 3.20. The number of ether oxygens (including phenoxy) is 1. The van der Waals surface area contributed by atoms with Crippen LogP contribution in [0.25, 0.3) is 5.57 Å². The highest BCUT2D eigenvalue weighted by molar-refractivity contribution is 5.67. The minimum Gasteiger partial charge on any atom is -0.493 e. The molecule has 1 fully saturated rings. The van der Waals surface area contributed by atoms with Gasteiger partial charge in [-0.25, -0.2) is 0 Å². The van der Waals surface area contributed by atoms with Gasteiger partial charge in [-0.1, -0.05) is 12.1 Å². The second kappa shape index (κ2) is 4.27. The molecule has 0 aromatic heterocycles. The molecule has 2 heterocycles. The Morgan fingerprint density at radius 3 is 2.47 bits per heavy atom. The lowest BCUT2D eigenvalue weighted by Crippen LogP contribution is -2.30. The van der Waals surface area contributed by atoms with Crippen molar-refractivity contribution in [3.05, 3.63) is 41.7 Å². The number of benzene rings is 1.